The molecule has 0 radical (unpaired) electrons. The number of esters is 1. The molecule has 4 aliphatic rings. The predicted octanol–water partition coefficient (Wildman–Crippen LogP) is 0.950. The minimum Gasteiger partial charge on any atom is -0.497 e. The fourth-order valence-electron chi connectivity index (χ4n) is 6.62. The fraction of sp³-hybridized carbons (Fsp3) is 0.545. The number of quaternary nitrogens is 1. The van der Waals surface area contributed by atoms with Gasteiger partial charge in [0.2, 0.25) is 5.60 Å². The van der Waals surface area contributed by atoms with Crippen LogP contribution in [0.25, 0.3) is 0 Å². The van der Waals surface area contributed by atoms with Crippen LogP contribution in [0.2, 0.25) is 0 Å². The first-order valence-electron chi connectivity index (χ1n) is 10.1. The highest BCUT2D eigenvalue weighted by Crippen LogP contribution is 2.60. The van der Waals surface area contributed by atoms with Crippen molar-refractivity contribution in [3.8, 4) is 5.75 Å². The molecular formula is C22H27N2O4+. The monoisotopic (exact) mass is 383 g/mol. The molecule has 5 rings (SSSR count). The highest BCUT2D eigenvalue weighted by Gasteiger charge is 2.74. The van der Waals surface area contributed by atoms with Crippen molar-refractivity contribution in [3.63, 3.8) is 0 Å². The summed E-state index contributed by atoms with van der Waals surface area (Å²) in [6.45, 7) is 4.13. The number of nitrogens with zero attached hydrogens (tertiary/aromatic N) is 1. The fourth-order valence-corrected chi connectivity index (χ4v) is 6.62. The van der Waals surface area contributed by atoms with Gasteiger partial charge in [0, 0.05) is 24.3 Å². The first-order valence-corrected chi connectivity index (χ1v) is 10.1. The van der Waals surface area contributed by atoms with Crippen molar-refractivity contribution < 1.29 is 24.3 Å². The van der Waals surface area contributed by atoms with Gasteiger partial charge in [-0.05, 0) is 24.1 Å². The van der Waals surface area contributed by atoms with E-state index in [0.717, 1.165) is 42.9 Å². The van der Waals surface area contributed by atoms with E-state index in [9.17, 15) is 9.90 Å². The smallest absolute Gasteiger partial charge is 0.343 e. The summed E-state index contributed by atoms with van der Waals surface area (Å²) in [5, 5.41) is 11.8. The second-order valence-corrected chi connectivity index (χ2v) is 8.63. The van der Waals surface area contributed by atoms with E-state index in [1.54, 1.807) is 7.11 Å². The van der Waals surface area contributed by atoms with Crippen molar-refractivity contribution in [1.29, 1.82) is 0 Å². The van der Waals surface area contributed by atoms with Gasteiger partial charge in [0.05, 0.1) is 44.1 Å². The number of aliphatic hydroxyl groups is 1. The van der Waals surface area contributed by atoms with Gasteiger partial charge in [0.1, 0.15) is 11.8 Å². The molecule has 1 saturated carbocycles. The molecule has 1 spiro atoms. The molecular weight excluding hydrogens is 356 g/mol. The molecule has 0 aromatic heterocycles. The Morgan fingerprint density at radius 3 is 2.93 bits per heavy atom. The van der Waals surface area contributed by atoms with Gasteiger partial charge in [-0.25, -0.2) is 4.79 Å². The summed E-state index contributed by atoms with van der Waals surface area (Å²) >= 11 is 0. The molecule has 0 bridgehead atoms. The van der Waals surface area contributed by atoms with Crippen LogP contribution in [0, 0.1) is 5.41 Å². The minimum absolute atomic E-state index is 0.258. The van der Waals surface area contributed by atoms with Crippen LogP contribution in [0.3, 0.4) is 0 Å². The van der Waals surface area contributed by atoms with Gasteiger partial charge in [-0.2, -0.15) is 0 Å². The summed E-state index contributed by atoms with van der Waals surface area (Å²) in [6.07, 6.45) is 6.52. The quantitative estimate of drug-likeness (QED) is 0.602. The van der Waals surface area contributed by atoms with Crippen molar-refractivity contribution in [2.24, 2.45) is 10.4 Å². The van der Waals surface area contributed by atoms with Crippen LogP contribution in [0.4, 0.5) is 5.69 Å². The summed E-state index contributed by atoms with van der Waals surface area (Å²) < 4.78 is 10.5. The second kappa shape index (κ2) is 5.67. The third kappa shape index (κ3) is 1.90. The molecule has 2 fully saturated rings. The summed E-state index contributed by atoms with van der Waals surface area (Å²) in [4.78, 5) is 19.3. The third-order valence-corrected chi connectivity index (χ3v) is 7.64. The van der Waals surface area contributed by atoms with Gasteiger partial charge in [0.15, 0.2) is 0 Å². The molecule has 1 saturated heterocycles. The van der Waals surface area contributed by atoms with Gasteiger partial charge in [0.25, 0.3) is 0 Å². The topological polar surface area (TPSA) is 72.6 Å². The van der Waals surface area contributed by atoms with Crippen molar-refractivity contribution in [3.05, 3.63) is 35.9 Å². The van der Waals surface area contributed by atoms with Gasteiger partial charge in [-0.1, -0.05) is 19.1 Å². The number of fused-ring (bicyclic) bond motifs is 1. The van der Waals surface area contributed by atoms with Crippen LogP contribution in [0.5, 0.6) is 5.75 Å². The van der Waals surface area contributed by atoms with E-state index in [0.29, 0.717) is 12.1 Å². The van der Waals surface area contributed by atoms with Gasteiger partial charge >= 0.3 is 5.97 Å². The Morgan fingerprint density at radius 1 is 1.39 bits per heavy atom. The Bertz CT molecular complexity index is 925. The van der Waals surface area contributed by atoms with Crippen molar-refractivity contribution in [2.45, 2.75) is 43.2 Å². The van der Waals surface area contributed by atoms with E-state index in [2.05, 4.69) is 25.1 Å². The summed E-state index contributed by atoms with van der Waals surface area (Å²) in [6, 6.07) is 6.21. The molecule has 1 aromatic carbocycles. The minimum atomic E-state index is -1.72. The van der Waals surface area contributed by atoms with Crippen molar-refractivity contribution >= 4 is 17.4 Å². The molecule has 148 valence electrons. The molecule has 6 heteroatoms. The predicted molar refractivity (Wildman–Crippen MR) is 104 cm³/mol. The SMILES string of the molecule is CC[C@]12C=CC[NH+]3CC[C@]4(C(=Nc5cc(OC)ccc54)[C@@](O)(C(=O)OC)C1)[C@@H]32. The third-order valence-electron chi connectivity index (χ3n) is 7.64. The number of ether oxygens (including phenoxy) is 2. The van der Waals surface area contributed by atoms with E-state index in [-0.39, 0.29) is 11.5 Å². The summed E-state index contributed by atoms with van der Waals surface area (Å²) in [7, 11) is 2.97. The second-order valence-electron chi connectivity index (χ2n) is 8.63. The van der Waals surface area contributed by atoms with Crippen LogP contribution in [-0.2, 0) is 14.9 Å². The van der Waals surface area contributed by atoms with E-state index in [4.69, 9.17) is 14.5 Å². The molecule has 5 atom stereocenters. The lowest BCUT2D eigenvalue weighted by atomic mass is 9.50. The number of hydrogen-bond acceptors (Lipinski definition) is 5. The number of hydrogen-bond donors (Lipinski definition) is 2. The number of carbonyl (C=O) groups excluding carboxylic acids is 1. The number of methoxy groups -OCH3 is 2. The molecule has 1 aliphatic carbocycles. The van der Waals surface area contributed by atoms with Crippen molar-refractivity contribution in [1.82, 2.24) is 0 Å². The highest BCUT2D eigenvalue weighted by molar-refractivity contribution is 6.19. The highest BCUT2D eigenvalue weighted by atomic mass is 16.5. The molecule has 28 heavy (non-hydrogen) atoms. The largest absolute Gasteiger partial charge is 0.497 e. The number of benzene rings is 1. The lowest BCUT2D eigenvalue weighted by molar-refractivity contribution is -0.918. The van der Waals surface area contributed by atoms with Gasteiger partial charge < -0.3 is 19.5 Å². The molecule has 6 nitrogen and oxygen atoms in total. The molecule has 2 N–H and O–H groups in total. The first-order chi connectivity index (χ1) is 13.4. The van der Waals surface area contributed by atoms with Crippen LogP contribution >= 0.6 is 0 Å². The van der Waals surface area contributed by atoms with E-state index in [1.807, 2.05) is 12.1 Å². The maximum atomic E-state index is 12.9. The Balaban J connectivity index is 1.81. The first kappa shape index (κ1) is 17.9. The van der Waals surface area contributed by atoms with E-state index >= 15 is 0 Å². The number of nitrogens with one attached hydrogen (secondary N) is 1. The maximum absolute atomic E-state index is 12.9. The maximum Gasteiger partial charge on any atom is 0.343 e. The zero-order valence-corrected chi connectivity index (χ0v) is 16.6. The average molecular weight is 383 g/mol. The number of carbonyl (C=O) groups is 1. The zero-order chi connectivity index (χ0) is 19.7. The Labute approximate surface area is 164 Å². The molecule has 3 aliphatic heterocycles. The van der Waals surface area contributed by atoms with Gasteiger partial charge in [-0.3, -0.25) is 4.99 Å². The van der Waals surface area contributed by atoms with Crippen LogP contribution < -0.4 is 9.64 Å². The van der Waals surface area contributed by atoms with Crippen molar-refractivity contribution in [2.75, 3.05) is 27.3 Å². The summed E-state index contributed by atoms with van der Waals surface area (Å²) in [5.74, 6) is 0.122. The lowest BCUT2D eigenvalue weighted by Crippen LogP contribution is -3.17. The number of rotatable bonds is 3. The van der Waals surface area contributed by atoms with E-state index < -0.39 is 17.0 Å². The Kier molecular flexibility index (Phi) is 3.62. The Hall–Kier alpha value is -2.18. The van der Waals surface area contributed by atoms with Crippen LogP contribution in [0.15, 0.2) is 35.3 Å². The van der Waals surface area contributed by atoms with Crippen LogP contribution in [0.1, 0.15) is 31.7 Å². The van der Waals surface area contributed by atoms with Crippen LogP contribution in [-0.4, -0.2) is 55.7 Å². The molecule has 3 heterocycles. The normalized spacial score (nSPS) is 39.6. The van der Waals surface area contributed by atoms with Gasteiger partial charge in [-0.15, -0.1) is 0 Å². The van der Waals surface area contributed by atoms with E-state index in [1.165, 1.54) is 12.0 Å². The zero-order valence-electron chi connectivity index (χ0n) is 16.6. The Morgan fingerprint density at radius 2 is 2.21 bits per heavy atom. The number of aliphatic imine (C=N–C) groups is 1. The standard InChI is InChI=1S/C22H26N2O4/c1-4-20-8-5-10-24-11-9-21(18(20)24)15-7-6-14(27-2)12-16(15)23-17(21)22(26,13-20)19(25)28-3/h5-8,12,18,26H,4,9-11,13H2,1-3H3/p+1/t18-,20-,21-,22+/m0/s1. The lowest BCUT2D eigenvalue weighted by Gasteiger charge is -2.55. The molecule has 1 aromatic rings. The molecule has 0 amide bonds. The average Bonchev–Trinajstić information content (AvgIpc) is 3.28. The molecule has 1 unspecified atom stereocenters. The summed E-state index contributed by atoms with van der Waals surface area (Å²) in [5.41, 5.74) is 0.0595.